The Morgan fingerprint density at radius 2 is 2.10 bits per heavy atom. The average Bonchev–Trinajstić information content (AvgIpc) is 2.46. The highest BCUT2D eigenvalue weighted by atomic mass is 19.2. The van der Waals surface area contributed by atoms with E-state index < -0.39 is 41.0 Å². The molecule has 0 aromatic heterocycles. The molecule has 0 bridgehead atoms. The van der Waals surface area contributed by atoms with Crippen molar-refractivity contribution in [3.8, 4) is 6.07 Å². The van der Waals surface area contributed by atoms with E-state index in [1.54, 1.807) is 6.92 Å². The fourth-order valence-corrected chi connectivity index (χ4v) is 1.72. The van der Waals surface area contributed by atoms with Gasteiger partial charge in [0.2, 0.25) is 0 Å². The van der Waals surface area contributed by atoms with E-state index in [0.29, 0.717) is 0 Å². The van der Waals surface area contributed by atoms with Crippen LogP contribution in [-0.2, 0) is 9.53 Å². The van der Waals surface area contributed by atoms with Crippen molar-refractivity contribution in [3.63, 3.8) is 0 Å². The Hall–Kier alpha value is -2.49. The number of benzene rings is 1. The lowest BCUT2D eigenvalue weighted by Crippen LogP contribution is -2.46. The molecule has 0 aliphatic rings. The Kier molecular flexibility index (Phi) is 5.79. The van der Waals surface area contributed by atoms with Gasteiger partial charge >= 0.3 is 5.97 Å². The van der Waals surface area contributed by atoms with Gasteiger partial charge < -0.3 is 10.1 Å². The molecule has 0 saturated carbocycles. The van der Waals surface area contributed by atoms with E-state index in [1.165, 1.54) is 6.07 Å². The maximum Gasteiger partial charge on any atom is 0.328 e. The Morgan fingerprint density at radius 3 is 2.67 bits per heavy atom. The second kappa shape index (κ2) is 7.33. The molecule has 1 N–H and O–H groups in total. The van der Waals surface area contributed by atoms with Crippen molar-refractivity contribution in [3.05, 3.63) is 35.4 Å². The highest BCUT2D eigenvalue weighted by molar-refractivity contribution is 5.97. The Bertz CT molecular complexity index is 584. The van der Waals surface area contributed by atoms with Crippen LogP contribution in [0.5, 0.6) is 0 Å². The van der Waals surface area contributed by atoms with Gasteiger partial charge in [-0.2, -0.15) is 5.26 Å². The van der Waals surface area contributed by atoms with Gasteiger partial charge in [-0.25, -0.2) is 13.6 Å². The second-order valence-electron chi connectivity index (χ2n) is 4.42. The molecule has 1 aromatic carbocycles. The number of amides is 1. The van der Waals surface area contributed by atoms with Crippen LogP contribution >= 0.6 is 0 Å². The van der Waals surface area contributed by atoms with Crippen LogP contribution < -0.4 is 5.32 Å². The van der Waals surface area contributed by atoms with E-state index in [2.05, 4.69) is 10.1 Å². The standard InChI is InChI=1S/C14H14F2N2O3/c1-8(6-7-17)12(14(20)21-2)18-13(19)9-4-3-5-10(15)11(9)16/h3-5,8,12H,6H2,1-2H3,(H,18,19)/t8-,12+/m0/s1. The zero-order chi connectivity index (χ0) is 16.0. The van der Waals surface area contributed by atoms with Gasteiger partial charge in [0.15, 0.2) is 11.6 Å². The highest BCUT2D eigenvalue weighted by Crippen LogP contribution is 2.14. The predicted molar refractivity (Wildman–Crippen MR) is 69.0 cm³/mol. The highest BCUT2D eigenvalue weighted by Gasteiger charge is 2.29. The number of rotatable bonds is 5. The quantitative estimate of drug-likeness (QED) is 0.840. The van der Waals surface area contributed by atoms with Crippen LogP contribution in [0.15, 0.2) is 18.2 Å². The molecule has 0 aliphatic carbocycles. The summed E-state index contributed by atoms with van der Waals surface area (Å²) in [4.78, 5) is 23.6. The van der Waals surface area contributed by atoms with E-state index in [0.717, 1.165) is 19.2 Å². The van der Waals surface area contributed by atoms with Gasteiger partial charge in [-0.15, -0.1) is 0 Å². The van der Waals surface area contributed by atoms with Crippen molar-refractivity contribution < 1.29 is 23.1 Å². The molecule has 1 amide bonds. The molecule has 0 unspecified atom stereocenters. The summed E-state index contributed by atoms with van der Waals surface area (Å²) in [5.41, 5.74) is -0.520. The second-order valence-corrected chi connectivity index (χ2v) is 4.42. The Morgan fingerprint density at radius 1 is 1.43 bits per heavy atom. The molecule has 2 atom stereocenters. The largest absolute Gasteiger partial charge is 0.467 e. The molecular weight excluding hydrogens is 282 g/mol. The number of nitrogens with one attached hydrogen (secondary N) is 1. The van der Waals surface area contributed by atoms with E-state index in [9.17, 15) is 18.4 Å². The van der Waals surface area contributed by atoms with Crippen molar-refractivity contribution in [1.82, 2.24) is 5.32 Å². The topological polar surface area (TPSA) is 79.2 Å². The number of ether oxygens (including phenoxy) is 1. The summed E-state index contributed by atoms with van der Waals surface area (Å²) in [7, 11) is 1.13. The van der Waals surface area contributed by atoms with Crippen molar-refractivity contribution in [1.29, 1.82) is 5.26 Å². The fraction of sp³-hybridized carbons (Fsp3) is 0.357. The molecule has 112 valence electrons. The number of hydrogen-bond donors (Lipinski definition) is 1. The third-order valence-electron chi connectivity index (χ3n) is 2.92. The first-order valence-electron chi connectivity index (χ1n) is 6.12. The lowest BCUT2D eigenvalue weighted by Gasteiger charge is -2.21. The van der Waals surface area contributed by atoms with Gasteiger partial charge in [0.25, 0.3) is 5.91 Å². The van der Waals surface area contributed by atoms with Crippen LogP contribution in [0, 0.1) is 28.9 Å². The Balaban J connectivity index is 2.98. The Labute approximate surface area is 120 Å². The minimum Gasteiger partial charge on any atom is -0.467 e. The lowest BCUT2D eigenvalue weighted by atomic mass is 9.98. The smallest absolute Gasteiger partial charge is 0.328 e. The maximum absolute atomic E-state index is 13.5. The fourth-order valence-electron chi connectivity index (χ4n) is 1.72. The van der Waals surface area contributed by atoms with E-state index in [1.807, 2.05) is 6.07 Å². The lowest BCUT2D eigenvalue weighted by molar-refractivity contribution is -0.144. The number of nitrogens with zero attached hydrogens (tertiary/aromatic N) is 1. The van der Waals surface area contributed by atoms with E-state index in [-0.39, 0.29) is 6.42 Å². The summed E-state index contributed by atoms with van der Waals surface area (Å²) in [6.07, 6.45) is -0.00825. The molecule has 0 spiro atoms. The monoisotopic (exact) mass is 296 g/mol. The van der Waals surface area contributed by atoms with E-state index >= 15 is 0 Å². The molecule has 0 radical (unpaired) electrons. The molecule has 0 fully saturated rings. The summed E-state index contributed by atoms with van der Waals surface area (Å²) in [5.74, 6) is -4.72. The summed E-state index contributed by atoms with van der Waals surface area (Å²) >= 11 is 0. The molecule has 1 aromatic rings. The van der Waals surface area contributed by atoms with Crippen LogP contribution in [0.2, 0.25) is 0 Å². The van der Waals surface area contributed by atoms with Gasteiger partial charge in [-0.1, -0.05) is 13.0 Å². The number of nitriles is 1. The summed E-state index contributed by atoms with van der Waals surface area (Å²) < 4.78 is 31.2. The first-order chi connectivity index (χ1) is 9.92. The van der Waals surface area contributed by atoms with Gasteiger partial charge in [-0.05, 0) is 12.1 Å². The van der Waals surface area contributed by atoms with Crippen LogP contribution in [0.3, 0.4) is 0 Å². The normalized spacial score (nSPS) is 12.9. The zero-order valence-corrected chi connectivity index (χ0v) is 11.5. The average molecular weight is 296 g/mol. The molecule has 5 nitrogen and oxygen atoms in total. The van der Waals surface area contributed by atoms with Crippen molar-refractivity contribution in [2.45, 2.75) is 19.4 Å². The number of carbonyl (C=O) groups is 2. The van der Waals surface area contributed by atoms with Gasteiger partial charge in [0, 0.05) is 12.3 Å². The van der Waals surface area contributed by atoms with Crippen LogP contribution in [0.25, 0.3) is 0 Å². The number of halogens is 2. The summed E-state index contributed by atoms with van der Waals surface area (Å²) in [6.45, 7) is 1.56. The summed E-state index contributed by atoms with van der Waals surface area (Å²) in [6, 6.07) is 3.90. The number of methoxy groups -OCH3 is 1. The van der Waals surface area contributed by atoms with Crippen LogP contribution in [0.1, 0.15) is 23.7 Å². The molecule has 0 heterocycles. The van der Waals surface area contributed by atoms with E-state index in [4.69, 9.17) is 5.26 Å². The van der Waals surface area contributed by atoms with Gasteiger partial charge in [-0.3, -0.25) is 4.79 Å². The SMILES string of the molecule is COC(=O)[C@H](NC(=O)c1cccc(F)c1F)[C@@H](C)CC#N. The molecular formula is C14H14F2N2O3. The number of carbonyl (C=O) groups excluding carboxylic acids is 2. The molecule has 0 saturated heterocycles. The molecule has 1 rings (SSSR count). The van der Waals surface area contributed by atoms with Crippen molar-refractivity contribution in [2.24, 2.45) is 5.92 Å². The van der Waals surface area contributed by atoms with Crippen LogP contribution in [0.4, 0.5) is 8.78 Å². The molecule has 7 heteroatoms. The zero-order valence-electron chi connectivity index (χ0n) is 11.5. The third kappa shape index (κ3) is 3.99. The first-order valence-corrected chi connectivity index (χ1v) is 6.12. The number of hydrogen-bond acceptors (Lipinski definition) is 4. The van der Waals surface area contributed by atoms with Gasteiger partial charge in [0.1, 0.15) is 6.04 Å². The van der Waals surface area contributed by atoms with Crippen LogP contribution in [-0.4, -0.2) is 25.0 Å². The predicted octanol–water partition coefficient (Wildman–Crippen LogP) is 1.79. The minimum absolute atomic E-state index is 0.00825. The maximum atomic E-state index is 13.5. The third-order valence-corrected chi connectivity index (χ3v) is 2.92. The molecule has 0 aliphatic heterocycles. The van der Waals surface area contributed by atoms with Gasteiger partial charge in [0.05, 0.1) is 18.7 Å². The molecule has 21 heavy (non-hydrogen) atoms. The van der Waals surface area contributed by atoms with Crippen molar-refractivity contribution in [2.75, 3.05) is 7.11 Å². The van der Waals surface area contributed by atoms with Crippen molar-refractivity contribution >= 4 is 11.9 Å². The number of esters is 1. The summed E-state index contributed by atoms with van der Waals surface area (Å²) in [5, 5.41) is 10.9. The minimum atomic E-state index is -1.30. The first kappa shape index (κ1) is 16.6.